The van der Waals surface area contributed by atoms with Gasteiger partial charge in [-0.2, -0.15) is 0 Å². The molecular formula is C51H103NO5Si. The summed E-state index contributed by atoms with van der Waals surface area (Å²) in [4.78, 5) is 15.1. The van der Waals surface area contributed by atoms with Gasteiger partial charge in [-0.15, -0.1) is 0 Å². The van der Waals surface area contributed by atoms with Gasteiger partial charge in [-0.3, -0.25) is 9.69 Å². The number of allylic oxidation sites excluding steroid dienone is 2. The summed E-state index contributed by atoms with van der Waals surface area (Å²) in [6, 6.07) is 0. The van der Waals surface area contributed by atoms with Crippen LogP contribution in [0.15, 0.2) is 12.2 Å². The summed E-state index contributed by atoms with van der Waals surface area (Å²) in [5.74, 6) is -0.0416. The number of rotatable bonds is 43. The number of esters is 1. The lowest BCUT2D eigenvalue weighted by Gasteiger charge is -2.37. The summed E-state index contributed by atoms with van der Waals surface area (Å²) in [6.07, 6.45) is 40.9. The minimum absolute atomic E-state index is 0.0416. The molecule has 0 radical (unpaired) electrons. The molecule has 2 N–H and O–H groups in total. The molecule has 346 valence electrons. The lowest BCUT2D eigenvalue weighted by atomic mass is 10.0. The number of carbonyl (C=O) groups excluding carboxylic acids is 1. The number of unbranched alkanes of at least 4 members (excludes halogenated alkanes) is 22. The predicted molar refractivity (Wildman–Crippen MR) is 255 cm³/mol. The first kappa shape index (κ1) is 57.3. The van der Waals surface area contributed by atoms with Crippen molar-refractivity contribution in [1.82, 2.24) is 4.90 Å². The van der Waals surface area contributed by atoms with E-state index in [-0.39, 0.29) is 17.1 Å². The van der Waals surface area contributed by atoms with Crippen LogP contribution in [-0.4, -0.2) is 74.0 Å². The molecule has 0 aliphatic rings. The molecule has 0 bridgehead atoms. The van der Waals surface area contributed by atoms with Crippen LogP contribution in [0, 0.1) is 0 Å². The topological polar surface area (TPSA) is 79.2 Å². The Labute approximate surface area is 364 Å². The summed E-state index contributed by atoms with van der Waals surface area (Å²) in [5, 5.41) is 22.3. The fourth-order valence-corrected chi connectivity index (χ4v) is 8.63. The maximum absolute atomic E-state index is 12.9. The van der Waals surface area contributed by atoms with Crippen LogP contribution >= 0.6 is 0 Å². The molecule has 2 unspecified atom stereocenters. The molecule has 2 atom stereocenters. The normalized spacial score (nSPS) is 13.7. The molecule has 0 amide bonds. The molecule has 0 saturated heterocycles. The third-order valence-electron chi connectivity index (χ3n) is 12.6. The lowest BCUT2D eigenvalue weighted by Crippen LogP contribution is -2.45. The van der Waals surface area contributed by atoms with Gasteiger partial charge in [0.1, 0.15) is 6.10 Å². The van der Waals surface area contributed by atoms with E-state index in [1.165, 1.54) is 128 Å². The smallest absolute Gasteiger partial charge is 0.306 e. The largest absolute Gasteiger partial charge is 0.462 e. The van der Waals surface area contributed by atoms with Crippen LogP contribution < -0.4 is 0 Å². The highest BCUT2D eigenvalue weighted by Gasteiger charge is 2.37. The molecule has 0 aromatic rings. The summed E-state index contributed by atoms with van der Waals surface area (Å²) >= 11 is 0. The van der Waals surface area contributed by atoms with Crippen LogP contribution in [0.4, 0.5) is 0 Å². The third-order valence-corrected chi connectivity index (χ3v) is 17.2. The minimum Gasteiger partial charge on any atom is -0.462 e. The summed E-state index contributed by atoms with van der Waals surface area (Å²) < 4.78 is 12.6. The highest BCUT2D eigenvalue weighted by atomic mass is 28.4. The molecule has 6 nitrogen and oxygen atoms in total. The first-order chi connectivity index (χ1) is 27.9. The fourth-order valence-electron chi connectivity index (χ4n) is 7.59. The monoisotopic (exact) mass is 838 g/mol. The van der Waals surface area contributed by atoms with Crippen molar-refractivity contribution >= 4 is 14.3 Å². The van der Waals surface area contributed by atoms with Crippen molar-refractivity contribution in [2.45, 2.75) is 283 Å². The average molecular weight is 838 g/mol. The van der Waals surface area contributed by atoms with Crippen molar-refractivity contribution in [3.63, 3.8) is 0 Å². The van der Waals surface area contributed by atoms with Gasteiger partial charge in [0.25, 0.3) is 0 Å². The number of aliphatic hydroxyl groups is 2. The minimum atomic E-state index is -1.88. The molecule has 58 heavy (non-hydrogen) atoms. The van der Waals surface area contributed by atoms with E-state index in [9.17, 15) is 15.0 Å². The maximum atomic E-state index is 12.9. The van der Waals surface area contributed by atoms with Gasteiger partial charge >= 0.3 is 5.97 Å². The van der Waals surface area contributed by atoms with Crippen LogP contribution in [0.25, 0.3) is 0 Å². The second-order valence-electron chi connectivity index (χ2n) is 19.5. The summed E-state index contributed by atoms with van der Waals surface area (Å²) in [5.41, 5.74) is 0. The zero-order valence-corrected chi connectivity index (χ0v) is 41.4. The van der Waals surface area contributed by atoms with Crippen molar-refractivity contribution in [1.29, 1.82) is 0 Å². The number of ether oxygens (including phenoxy) is 1. The molecule has 7 heteroatoms. The molecule has 0 spiro atoms. The van der Waals surface area contributed by atoms with Crippen LogP contribution in [-0.2, 0) is 14.0 Å². The molecule has 0 heterocycles. The van der Waals surface area contributed by atoms with Crippen molar-refractivity contribution < 1.29 is 24.2 Å². The SMILES string of the molecule is CCCCCCCC/C=C\CCCCCCC(O)CN(CCO[Si](C)(C)C(C)(C)C)CC(O)CCCCCC(=O)OC(CCCCCCCC)CCCCCCCC. The number of nitrogens with zero attached hydrogens (tertiary/aromatic N) is 1. The Morgan fingerprint density at radius 3 is 1.38 bits per heavy atom. The Morgan fingerprint density at radius 2 is 0.948 bits per heavy atom. The quantitative estimate of drug-likeness (QED) is 0.0276. The van der Waals surface area contributed by atoms with Gasteiger partial charge in [-0.05, 0) is 88.8 Å². The molecular weight excluding hydrogens is 735 g/mol. The van der Waals surface area contributed by atoms with Crippen LogP contribution in [0.2, 0.25) is 18.1 Å². The second kappa shape index (κ2) is 39.1. The molecule has 0 fully saturated rings. The molecule has 0 aromatic carbocycles. The Balaban J connectivity index is 4.68. The Kier molecular flexibility index (Phi) is 38.6. The van der Waals surface area contributed by atoms with Gasteiger partial charge < -0.3 is 19.4 Å². The van der Waals surface area contributed by atoms with Crippen LogP contribution in [0.1, 0.15) is 247 Å². The zero-order valence-electron chi connectivity index (χ0n) is 40.4. The van der Waals surface area contributed by atoms with Crippen molar-refractivity contribution in [2.75, 3.05) is 26.2 Å². The van der Waals surface area contributed by atoms with Gasteiger partial charge in [-0.1, -0.05) is 182 Å². The highest BCUT2D eigenvalue weighted by Crippen LogP contribution is 2.36. The maximum Gasteiger partial charge on any atom is 0.306 e. The van der Waals surface area contributed by atoms with E-state index >= 15 is 0 Å². The highest BCUT2D eigenvalue weighted by molar-refractivity contribution is 6.74. The summed E-state index contributed by atoms with van der Waals surface area (Å²) in [6.45, 7) is 20.6. The number of hydrogen-bond acceptors (Lipinski definition) is 6. The Bertz CT molecular complexity index is 905. The van der Waals surface area contributed by atoms with E-state index < -0.39 is 20.5 Å². The zero-order chi connectivity index (χ0) is 43.2. The molecule has 0 aromatic heterocycles. The van der Waals surface area contributed by atoms with Crippen molar-refractivity contribution in [3.8, 4) is 0 Å². The van der Waals surface area contributed by atoms with Crippen LogP contribution in [0.3, 0.4) is 0 Å². The number of carbonyl (C=O) groups is 1. The molecule has 0 aliphatic carbocycles. The van der Waals surface area contributed by atoms with E-state index in [0.717, 1.165) is 70.8 Å². The van der Waals surface area contributed by atoms with Gasteiger partial charge in [0.2, 0.25) is 0 Å². The van der Waals surface area contributed by atoms with Crippen molar-refractivity contribution in [3.05, 3.63) is 12.2 Å². The molecule has 0 saturated carbocycles. The number of aliphatic hydroxyl groups excluding tert-OH is 2. The van der Waals surface area contributed by atoms with Gasteiger partial charge in [0, 0.05) is 32.7 Å². The first-order valence-corrected chi connectivity index (χ1v) is 28.3. The van der Waals surface area contributed by atoms with E-state index in [4.69, 9.17) is 9.16 Å². The van der Waals surface area contributed by atoms with Gasteiger partial charge in [0.15, 0.2) is 8.32 Å². The van der Waals surface area contributed by atoms with Crippen molar-refractivity contribution in [2.24, 2.45) is 0 Å². The summed E-state index contributed by atoms with van der Waals surface area (Å²) in [7, 11) is -1.88. The predicted octanol–water partition coefficient (Wildman–Crippen LogP) is 15.0. The first-order valence-electron chi connectivity index (χ1n) is 25.4. The third kappa shape index (κ3) is 36.0. The van der Waals surface area contributed by atoms with E-state index in [1.54, 1.807) is 0 Å². The van der Waals surface area contributed by atoms with E-state index in [1.807, 2.05) is 0 Å². The second-order valence-corrected chi connectivity index (χ2v) is 24.3. The molecule has 0 aliphatic heterocycles. The number of hydrogen-bond donors (Lipinski definition) is 2. The van der Waals surface area contributed by atoms with Crippen LogP contribution in [0.5, 0.6) is 0 Å². The van der Waals surface area contributed by atoms with E-state index in [0.29, 0.717) is 32.5 Å². The lowest BCUT2D eigenvalue weighted by molar-refractivity contribution is -0.150. The standard InChI is InChI=1S/C51H103NO5Si/c1-9-12-15-18-21-22-23-24-25-26-27-28-29-33-38-47(53)45-52(43-44-56-58(7,8)51(4,5)6)46-48(54)39-34-32-37-42-50(55)57-49(40-35-30-19-16-13-10-2)41-36-31-20-17-14-11-3/h24-25,47-49,53-54H,9-23,26-46H2,1-8H3/b25-24-. The van der Waals surface area contributed by atoms with Gasteiger partial charge in [-0.25, -0.2) is 0 Å². The fraction of sp³-hybridized carbons (Fsp3) is 0.941. The van der Waals surface area contributed by atoms with Gasteiger partial charge in [0.05, 0.1) is 12.2 Å². The Hall–Kier alpha value is -0.733. The van der Waals surface area contributed by atoms with E-state index in [2.05, 4.69) is 71.7 Å². The molecule has 0 rings (SSSR count). The Morgan fingerprint density at radius 1 is 0.569 bits per heavy atom. The average Bonchev–Trinajstić information content (AvgIpc) is 3.16.